The van der Waals surface area contributed by atoms with Gasteiger partial charge in [-0.3, -0.25) is 4.98 Å². The van der Waals surface area contributed by atoms with Gasteiger partial charge in [0.1, 0.15) is 5.69 Å². The number of halogens is 5. The van der Waals surface area contributed by atoms with Crippen LogP contribution in [0, 0.1) is 0 Å². The van der Waals surface area contributed by atoms with Crippen LogP contribution in [0.25, 0.3) is 0 Å². The van der Waals surface area contributed by atoms with Crippen LogP contribution in [0.5, 0.6) is 0 Å². The average molecular weight is 197 g/mol. The summed E-state index contributed by atoms with van der Waals surface area (Å²) in [5, 5.41) is 0. The minimum Gasteiger partial charge on any atom is -0.255 e. The van der Waals surface area contributed by atoms with Crippen molar-refractivity contribution in [2.45, 2.75) is 12.6 Å². The van der Waals surface area contributed by atoms with Crippen LogP contribution >= 0.6 is 0 Å². The highest BCUT2D eigenvalue weighted by molar-refractivity contribution is 5.17. The lowest BCUT2D eigenvalue weighted by Gasteiger charge is -2.05. The van der Waals surface area contributed by atoms with E-state index >= 15 is 0 Å². The Bertz CT molecular complexity index is 276. The van der Waals surface area contributed by atoms with E-state index in [0.717, 1.165) is 0 Å². The molecule has 1 aromatic heterocycles. The van der Waals surface area contributed by atoms with Gasteiger partial charge in [0.15, 0.2) is 0 Å². The van der Waals surface area contributed by atoms with Crippen molar-refractivity contribution in [2.75, 3.05) is 0 Å². The van der Waals surface area contributed by atoms with E-state index in [1.807, 2.05) is 0 Å². The summed E-state index contributed by atoms with van der Waals surface area (Å²) in [6.45, 7) is 0. The number of rotatable bonds is 1. The smallest absolute Gasteiger partial charge is 0.255 e. The van der Waals surface area contributed by atoms with Gasteiger partial charge in [0, 0.05) is 6.20 Å². The maximum absolute atomic E-state index is 11.9. The SMILES string of the molecule is FC(F)c1ccc(C(F)(F)F)cn1. The van der Waals surface area contributed by atoms with Crippen LogP contribution in [0.3, 0.4) is 0 Å². The Labute approximate surface area is 70.2 Å². The van der Waals surface area contributed by atoms with Gasteiger partial charge >= 0.3 is 6.18 Å². The van der Waals surface area contributed by atoms with Crippen molar-refractivity contribution in [1.29, 1.82) is 0 Å². The Morgan fingerprint density at radius 3 is 2.08 bits per heavy atom. The molecule has 0 spiro atoms. The fourth-order valence-electron chi connectivity index (χ4n) is 0.702. The normalized spacial score (nSPS) is 12.2. The van der Waals surface area contributed by atoms with Gasteiger partial charge in [-0.25, -0.2) is 8.78 Å². The summed E-state index contributed by atoms with van der Waals surface area (Å²) in [4.78, 5) is 2.97. The van der Waals surface area contributed by atoms with Crippen molar-refractivity contribution in [1.82, 2.24) is 4.98 Å². The van der Waals surface area contributed by atoms with Gasteiger partial charge in [-0.2, -0.15) is 13.2 Å². The van der Waals surface area contributed by atoms with Gasteiger partial charge in [0.25, 0.3) is 6.43 Å². The van der Waals surface area contributed by atoms with Gasteiger partial charge in [-0.05, 0) is 12.1 Å². The van der Waals surface area contributed by atoms with E-state index in [1.165, 1.54) is 0 Å². The molecule has 0 N–H and O–H groups in total. The molecule has 0 aliphatic carbocycles. The first-order valence-electron chi connectivity index (χ1n) is 3.22. The molecule has 1 aromatic rings. The number of pyridine rings is 1. The predicted molar refractivity (Wildman–Crippen MR) is 34.2 cm³/mol. The van der Waals surface area contributed by atoms with Crippen molar-refractivity contribution in [3.05, 3.63) is 29.6 Å². The Morgan fingerprint density at radius 1 is 1.15 bits per heavy atom. The summed E-state index contributed by atoms with van der Waals surface area (Å²) < 4.78 is 59.4. The largest absolute Gasteiger partial charge is 0.417 e. The van der Waals surface area contributed by atoms with Crippen LogP contribution in [0.15, 0.2) is 18.3 Å². The van der Waals surface area contributed by atoms with E-state index in [1.54, 1.807) is 0 Å². The highest BCUT2D eigenvalue weighted by atomic mass is 19.4. The van der Waals surface area contributed by atoms with Crippen LogP contribution in [-0.2, 0) is 6.18 Å². The fraction of sp³-hybridized carbons (Fsp3) is 0.286. The number of hydrogen-bond acceptors (Lipinski definition) is 1. The molecule has 0 radical (unpaired) electrons. The number of alkyl halides is 5. The first-order valence-corrected chi connectivity index (χ1v) is 3.22. The number of nitrogens with zero attached hydrogens (tertiary/aromatic N) is 1. The Balaban J connectivity index is 2.94. The summed E-state index contributed by atoms with van der Waals surface area (Å²) in [7, 11) is 0. The topological polar surface area (TPSA) is 12.9 Å². The molecule has 13 heavy (non-hydrogen) atoms. The molecular formula is C7H4F5N. The minimum atomic E-state index is -4.53. The molecule has 0 unspecified atom stereocenters. The van der Waals surface area contributed by atoms with Gasteiger partial charge in [0.2, 0.25) is 0 Å². The van der Waals surface area contributed by atoms with Gasteiger partial charge in [-0.1, -0.05) is 0 Å². The van der Waals surface area contributed by atoms with Crippen molar-refractivity contribution in [2.24, 2.45) is 0 Å². The minimum absolute atomic E-state index is 0.390. The van der Waals surface area contributed by atoms with Crippen molar-refractivity contribution in [3.63, 3.8) is 0 Å². The third-order valence-electron chi connectivity index (χ3n) is 1.34. The van der Waals surface area contributed by atoms with Crippen LogP contribution in [0.4, 0.5) is 22.0 Å². The second-order valence-corrected chi connectivity index (χ2v) is 2.27. The average Bonchev–Trinajstić information content (AvgIpc) is 2.03. The van der Waals surface area contributed by atoms with E-state index < -0.39 is 23.9 Å². The zero-order chi connectivity index (χ0) is 10.1. The summed E-state index contributed by atoms with van der Waals surface area (Å²) >= 11 is 0. The molecule has 0 aliphatic heterocycles. The molecule has 0 aromatic carbocycles. The zero-order valence-electron chi connectivity index (χ0n) is 6.15. The fourth-order valence-corrected chi connectivity index (χ4v) is 0.702. The third-order valence-corrected chi connectivity index (χ3v) is 1.34. The molecule has 0 saturated carbocycles. The first kappa shape index (κ1) is 9.88. The standard InChI is InChI=1S/C7H4F5N/c8-6(9)5-2-1-4(3-13-5)7(10,11)12/h1-3,6H. The van der Waals surface area contributed by atoms with Crippen LogP contribution in [0.1, 0.15) is 17.7 Å². The van der Waals surface area contributed by atoms with Crippen molar-refractivity contribution in [3.8, 4) is 0 Å². The van der Waals surface area contributed by atoms with Crippen LogP contribution < -0.4 is 0 Å². The molecule has 0 amide bonds. The van der Waals surface area contributed by atoms with Gasteiger partial charge in [-0.15, -0.1) is 0 Å². The van der Waals surface area contributed by atoms with E-state index in [4.69, 9.17) is 0 Å². The van der Waals surface area contributed by atoms with Gasteiger partial charge in [0.05, 0.1) is 5.56 Å². The van der Waals surface area contributed by atoms with Crippen molar-refractivity contribution >= 4 is 0 Å². The Hall–Kier alpha value is -1.20. The lowest BCUT2D eigenvalue weighted by Crippen LogP contribution is -2.05. The Morgan fingerprint density at radius 2 is 1.77 bits per heavy atom. The molecule has 0 atom stereocenters. The van der Waals surface area contributed by atoms with E-state index in [9.17, 15) is 22.0 Å². The predicted octanol–water partition coefficient (Wildman–Crippen LogP) is 3.04. The molecule has 1 nitrogen and oxygen atoms in total. The first-order chi connectivity index (χ1) is 5.91. The summed E-state index contributed by atoms with van der Waals surface area (Å²) in [5.41, 5.74) is -1.69. The zero-order valence-corrected chi connectivity index (χ0v) is 6.15. The number of aromatic nitrogens is 1. The molecule has 0 saturated heterocycles. The monoisotopic (exact) mass is 197 g/mol. The molecule has 6 heteroatoms. The molecular weight excluding hydrogens is 193 g/mol. The van der Waals surface area contributed by atoms with Gasteiger partial charge < -0.3 is 0 Å². The third kappa shape index (κ3) is 2.37. The summed E-state index contributed by atoms with van der Waals surface area (Å²) in [6.07, 6.45) is -6.99. The summed E-state index contributed by atoms with van der Waals surface area (Å²) in [6, 6.07) is 1.24. The van der Waals surface area contributed by atoms with Crippen LogP contribution in [0.2, 0.25) is 0 Å². The maximum atomic E-state index is 11.9. The second-order valence-electron chi connectivity index (χ2n) is 2.27. The quantitative estimate of drug-likeness (QED) is 0.630. The molecule has 1 heterocycles. The Kier molecular flexibility index (Phi) is 2.49. The molecule has 1 rings (SSSR count). The highest BCUT2D eigenvalue weighted by Crippen LogP contribution is 2.29. The summed E-state index contributed by atoms with van der Waals surface area (Å²) in [5.74, 6) is 0. The molecule has 0 aliphatic rings. The molecule has 0 bridgehead atoms. The molecule has 72 valence electrons. The number of hydrogen-bond donors (Lipinski definition) is 0. The van der Waals surface area contributed by atoms with E-state index in [-0.39, 0.29) is 0 Å². The highest BCUT2D eigenvalue weighted by Gasteiger charge is 2.30. The lowest BCUT2D eigenvalue weighted by molar-refractivity contribution is -0.137. The lowest BCUT2D eigenvalue weighted by atomic mass is 10.2. The van der Waals surface area contributed by atoms with E-state index in [2.05, 4.69) is 4.98 Å². The second kappa shape index (κ2) is 3.27. The van der Waals surface area contributed by atoms with Crippen LogP contribution in [-0.4, -0.2) is 4.98 Å². The van der Waals surface area contributed by atoms with Crippen molar-refractivity contribution < 1.29 is 22.0 Å². The maximum Gasteiger partial charge on any atom is 0.417 e. The molecule has 0 fully saturated rings. The van der Waals surface area contributed by atoms with E-state index in [0.29, 0.717) is 18.3 Å².